The van der Waals surface area contributed by atoms with Crippen molar-refractivity contribution in [2.45, 2.75) is 0 Å². The average molecular weight is 172 g/mol. The van der Waals surface area contributed by atoms with Crippen LogP contribution in [0.3, 0.4) is 0 Å². The van der Waals surface area contributed by atoms with Gasteiger partial charge in [-0.2, -0.15) is 0 Å². The largest absolute Gasteiger partial charge is 0.398 e. The van der Waals surface area contributed by atoms with Crippen molar-refractivity contribution in [1.29, 1.82) is 0 Å². The van der Waals surface area contributed by atoms with E-state index >= 15 is 0 Å². The average Bonchev–Trinajstić information content (AvgIpc) is 1.97. The summed E-state index contributed by atoms with van der Waals surface area (Å²) < 4.78 is 12.7. The normalized spacial score (nSPS) is 9.64. The molecule has 0 fully saturated rings. The van der Waals surface area contributed by atoms with Crippen LogP contribution in [0.25, 0.3) is 6.08 Å². The summed E-state index contributed by atoms with van der Waals surface area (Å²) in [6, 6.07) is 2.62. The van der Waals surface area contributed by atoms with E-state index in [-0.39, 0.29) is 5.02 Å². The molecule has 0 saturated heterocycles. The number of anilines is 1. The molecule has 0 amide bonds. The number of rotatable bonds is 1. The second kappa shape index (κ2) is 2.93. The van der Waals surface area contributed by atoms with Gasteiger partial charge in [0.25, 0.3) is 0 Å². The molecule has 0 heterocycles. The van der Waals surface area contributed by atoms with Crippen molar-refractivity contribution < 1.29 is 4.39 Å². The van der Waals surface area contributed by atoms with Gasteiger partial charge in [0, 0.05) is 5.69 Å². The number of hydrogen-bond donors (Lipinski definition) is 1. The first kappa shape index (κ1) is 8.08. The molecule has 0 unspecified atom stereocenters. The van der Waals surface area contributed by atoms with Gasteiger partial charge in [0.1, 0.15) is 5.82 Å². The molecule has 11 heavy (non-hydrogen) atoms. The van der Waals surface area contributed by atoms with Crippen LogP contribution in [0.4, 0.5) is 10.1 Å². The Hall–Kier alpha value is -1.02. The lowest BCUT2D eigenvalue weighted by atomic mass is 10.2. The quantitative estimate of drug-likeness (QED) is 0.646. The maximum absolute atomic E-state index is 12.7. The van der Waals surface area contributed by atoms with Crippen molar-refractivity contribution in [1.82, 2.24) is 0 Å². The van der Waals surface area contributed by atoms with E-state index in [4.69, 9.17) is 17.3 Å². The van der Waals surface area contributed by atoms with E-state index in [1.54, 1.807) is 0 Å². The van der Waals surface area contributed by atoms with Gasteiger partial charge >= 0.3 is 0 Å². The molecule has 2 N–H and O–H groups in total. The first-order valence-corrected chi connectivity index (χ1v) is 3.40. The number of benzene rings is 1. The van der Waals surface area contributed by atoms with Gasteiger partial charge in [-0.1, -0.05) is 24.3 Å². The number of nitrogens with two attached hydrogens (primary N) is 1. The summed E-state index contributed by atoms with van der Waals surface area (Å²) in [6.45, 7) is 3.47. The van der Waals surface area contributed by atoms with Gasteiger partial charge in [0.2, 0.25) is 0 Å². The summed E-state index contributed by atoms with van der Waals surface area (Å²) in [5, 5.41) is 0.0353. The molecule has 0 aromatic heterocycles. The maximum atomic E-state index is 12.7. The van der Waals surface area contributed by atoms with Gasteiger partial charge in [-0.15, -0.1) is 0 Å². The third-order valence-electron chi connectivity index (χ3n) is 1.35. The zero-order valence-electron chi connectivity index (χ0n) is 5.77. The van der Waals surface area contributed by atoms with Gasteiger partial charge < -0.3 is 5.73 Å². The standard InChI is InChI=1S/C8H7ClFN/c1-2-5-3-7(10)6(9)4-8(5)11/h2-4H,1,11H2. The Morgan fingerprint density at radius 3 is 2.73 bits per heavy atom. The molecule has 1 aromatic carbocycles. The van der Waals surface area contributed by atoms with Crippen molar-refractivity contribution in [2.24, 2.45) is 0 Å². The monoisotopic (exact) mass is 171 g/mol. The lowest BCUT2D eigenvalue weighted by molar-refractivity contribution is 0.628. The summed E-state index contributed by atoms with van der Waals surface area (Å²) in [5.74, 6) is -0.476. The first-order valence-electron chi connectivity index (χ1n) is 3.02. The van der Waals surface area contributed by atoms with E-state index in [1.807, 2.05) is 0 Å². The van der Waals surface area contributed by atoms with Crippen LogP contribution >= 0.6 is 11.6 Å². The molecule has 0 radical (unpaired) electrons. The van der Waals surface area contributed by atoms with Crippen LogP contribution in [-0.2, 0) is 0 Å². The van der Waals surface area contributed by atoms with E-state index in [0.717, 1.165) is 0 Å². The van der Waals surface area contributed by atoms with Crippen LogP contribution in [-0.4, -0.2) is 0 Å². The molecule has 1 nitrogen and oxygen atoms in total. The third-order valence-corrected chi connectivity index (χ3v) is 1.64. The van der Waals surface area contributed by atoms with Gasteiger partial charge in [0.15, 0.2) is 0 Å². The van der Waals surface area contributed by atoms with Crippen molar-refractivity contribution in [3.63, 3.8) is 0 Å². The van der Waals surface area contributed by atoms with Crippen LogP contribution in [0.5, 0.6) is 0 Å². The Bertz CT molecular complexity index is 296. The first-order chi connectivity index (χ1) is 5.15. The summed E-state index contributed by atoms with van der Waals surface area (Å²) in [7, 11) is 0. The molecular formula is C8H7ClFN. The molecule has 1 aromatic rings. The summed E-state index contributed by atoms with van der Waals surface area (Å²) in [5.41, 5.74) is 6.48. The van der Waals surface area contributed by atoms with Crippen LogP contribution in [0.15, 0.2) is 18.7 Å². The van der Waals surface area contributed by atoms with E-state index in [9.17, 15) is 4.39 Å². The van der Waals surface area contributed by atoms with E-state index in [2.05, 4.69) is 6.58 Å². The molecule has 0 bridgehead atoms. The molecular weight excluding hydrogens is 165 g/mol. The van der Waals surface area contributed by atoms with Crippen molar-refractivity contribution >= 4 is 23.4 Å². The van der Waals surface area contributed by atoms with Crippen molar-refractivity contribution in [3.8, 4) is 0 Å². The van der Waals surface area contributed by atoms with E-state index in [0.29, 0.717) is 11.3 Å². The highest BCUT2D eigenvalue weighted by Gasteiger charge is 2.02. The minimum absolute atomic E-state index is 0.0353. The lowest BCUT2D eigenvalue weighted by Crippen LogP contribution is -1.90. The summed E-state index contributed by atoms with van der Waals surface area (Å²) in [4.78, 5) is 0. The molecule has 0 aliphatic carbocycles. The van der Waals surface area contributed by atoms with Gasteiger partial charge in [-0.05, 0) is 17.7 Å². The van der Waals surface area contributed by atoms with Crippen molar-refractivity contribution in [2.75, 3.05) is 5.73 Å². The highest BCUT2D eigenvalue weighted by molar-refractivity contribution is 6.31. The van der Waals surface area contributed by atoms with E-state index < -0.39 is 5.82 Å². The van der Waals surface area contributed by atoms with E-state index in [1.165, 1.54) is 18.2 Å². The molecule has 0 aliphatic heterocycles. The fraction of sp³-hybridized carbons (Fsp3) is 0. The zero-order chi connectivity index (χ0) is 8.43. The highest BCUT2D eigenvalue weighted by Crippen LogP contribution is 2.22. The smallest absolute Gasteiger partial charge is 0.142 e. The van der Waals surface area contributed by atoms with Crippen LogP contribution < -0.4 is 5.73 Å². The molecule has 0 saturated carbocycles. The molecule has 3 heteroatoms. The lowest BCUT2D eigenvalue weighted by Gasteiger charge is -2.00. The maximum Gasteiger partial charge on any atom is 0.142 e. The SMILES string of the molecule is C=Cc1cc(F)c(Cl)cc1N. The second-order valence-corrected chi connectivity index (χ2v) is 2.51. The fourth-order valence-electron chi connectivity index (χ4n) is 0.754. The Morgan fingerprint density at radius 2 is 2.18 bits per heavy atom. The fourth-order valence-corrected chi connectivity index (χ4v) is 0.926. The number of hydrogen-bond acceptors (Lipinski definition) is 1. The Labute approximate surface area is 69.3 Å². The molecule has 1 rings (SSSR count). The van der Waals surface area contributed by atoms with Crippen LogP contribution in [0, 0.1) is 5.82 Å². The highest BCUT2D eigenvalue weighted by atomic mass is 35.5. The van der Waals surface area contributed by atoms with Crippen LogP contribution in [0.1, 0.15) is 5.56 Å². The van der Waals surface area contributed by atoms with Gasteiger partial charge in [0.05, 0.1) is 5.02 Å². The van der Waals surface area contributed by atoms with Gasteiger partial charge in [-0.25, -0.2) is 4.39 Å². The minimum atomic E-state index is -0.476. The molecule has 0 atom stereocenters. The Kier molecular flexibility index (Phi) is 2.15. The zero-order valence-corrected chi connectivity index (χ0v) is 6.53. The van der Waals surface area contributed by atoms with Crippen LogP contribution in [0.2, 0.25) is 5.02 Å². The third kappa shape index (κ3) is 1.52. The summed E-state index contributed by atoms with van der Waals surface area (Å²) in [6.07, 6.45) is 1.48. The second-order valence-electron chi connectivity index (χ2n) is 2.10. The molecule has 0 spiro atoms. The Morgan fingerprint density at radius 1 is 1.55 bits per heavy atom. The van der Waals surface area contributed by atoms with Crippen molar-refractivity contribution in [3.05, 3.63) is 35.1 Å². The molecule has 58 valence electrons. The minimum Gasteiger partial charge on any atom is -0.398 e. The summed E-state index contributed by atoms with van der Waals surface area (Å²) >= 11 is 5.45. The molecule has 0 aliphatic rings. The number of nitrogen functional groups attached to an aromatic ring is 1. The predicted octanol–water partition coefficient (Wildman–Crippen LogP) is 2.70. The van der Waals surface area contributed by atoms with Gasteiger partial charge in [-0.3, -0.25) is 0 Å². The number of halogens is 2. The Balaban J connectivity index is 3.31. The predicted molar refractivity (Wildman–Crippen MR) is 45.9 cm³/mol. The topological polar surface area (TPSA) is 26.0 Å².